The van der Waals surface area contributed by atoms with Crippen LogP contribution in [-0.4, -0.2) is 16.6 Å². The Bertz CT molecular complexity index is 637. The highest BCUT2D eigenvalue weighted by Crippen LogP contribution is 2.30. The zero-order valence-corrected chi connectivity index (χ0v) is 10.2. The lowest BCUT2D eigenvalue weighted by Gasteiger charge is -2.17. The first kappa shape index (κ1) is 10.8. The van der Waals surface area contributed by atoms with Gasteiger partial charge in [0.15, 0.2) is 5.69 Å². The first-order valence-electron chi connectivity index (χ1n) is 6.01. The van der Waals surface area contributed by atoms with E-state index in [1.54, 1.807) is 0 Å². The molecular formula is C14H13N3O. The van der Waals surface area contributed by atoms with Crippen molar-refractivity contribution in [3.8, 4) is 23.1 Å². The van der Waals surface area contributed by atoms with E-state index in [0.29, 0.717) is 5.69 Å². The maximum Gasteiger partial charge on any atom is 0.166 e. The molecule has 3 rings (SSSR count). The number of fused-ring (bicyclic) bond motifs is 1. The van der Waals surface area contributed by atoms with Crippen LogP contribution in [0.4, 0.5) is 0 Å². The molecule has 0 amide bonds. The van der Waals surface area contributed by atoms with E-state index in [4.69, 9.17) is 10.00 Å². The number of nitrogens with one attached hydrogen (secondary N) is 1. The molecule has 18 heavy (non-hydrogen) atoms. The lowest BCUT2D eigenvalue weighted by molar-refractivity contribution is 0.288. The van der Waals surface area contributed by atoms with Crippen molar-refractivity contribution in [3.05, 3.63) is 35.3 Å². The topological polar surface area (TPSA) is 61.7 Å². The van der Waals surface area contributed by atoms with Crippen LogP contribution in [0.5, 0.6) is 5.75 Å². The number of benzene rings is 1. The molecule has 2 aromatic rings. The Balaban J connectivity index is 2.09. The number of nitrogens with zero attached hydrogens (tertiary/aromatic N) is 2. The van der Waals surface area contributed by atoms with Crippen molar-refractivity contribution < 1.29 is 4.74 Å². The first-order chi connectivity index (χ1) is 8.78. The Kier molecular flexibility index (Phi) is 2.52. The van der Waals surface area contributed by atoms with Gasteiger partial charge >= 0.3 is 0 Å². The number of H-pyrrole nitrogens is 1. The maximum absolute atomic E-state index is 9.07. The quantitative estimate of drug-likeness (QED) is 0.832. The van der Waals surface area contributed by atoms with E-state index < -0.39 is 0 Å². The minimum atomic E-state index is 0.448. The number of imidazole rings is 1. The molecule has 1 aliphatic heterocycles. The van der Waals surface area contributed by atoms with Crippen molar-refractivity contribution in [2.75, 3.05) is 6.61 Å². The molecular weight excluding hydrogens is 226 g/mol. The summed E-state index contributed by atoms with van der Waals surface area (Å²) in [5, 5.41) is 9.07. The molecule has 0 fully saturated rings. The molecule has 0 aliphatic carbocycles. The molecule has 1 aliphatic rings. The summed E-state index contributed by atoms with van der Waals surface area (Å²) < 4.78 is 5.59. The molecule has 0 radical (unpaired) electrons. The van der Waals surface area contributed by atoms with Gasteiger partial charge in [-0.3, -0.25) is 0 Å². The molecule has 1 N–H and O–H groups in total. The number of hydrogen-bond acceptors (Lipinski definition) is 3. The second kappa shape index (κ2) is 4.19. The van der Waals surface area contributed by atoms with Crippen LogP contribution in [0.3, 0.4) is 0 Å². The molecule has 1 aromatic carbocycles. The zero-order chi connectivity index (χ0) is 12.5. The fourth-order valence-electron chi connectivity index (χ4n) is 2.30. The molecule has 0 saturated heterocycles. The number of rotatable bonds is 1. The average Bonchev–Trinajstić information content (AvgIpc) is 2.79. The summed E-state index contributed by atoms with van der Waals surface area (Å²) in [6, 6.07) is 8.15. The van der Waals surface area contributed by atoms with Crippen molar-refractivity contribution in [2.45, 2.75) is 19.8 Å². The van der Waals surface area contributed by atoms with E-state index in [9.17, 15) is 0 Å². The molecule has 0 saturated carbocycles. The highest BCUT2D eigenvalue weighted by atomic mass is 16.5. The van der Waals surface area contributed by atoms with Gasteiger partial charge in [0.05, 0.1) is 12.3 Å². The van der Waals surface area contributed by atoms with Crippen LogP contribution >= 0.6 is 0 Å². The third-order valence-corrected chi connectivity index (χ3v) is 3.13. The normalized spacial score (nSPS) is 13.6. The number of hydrogen-bond donors (Lipinski definition) is 1. The van der Waals surface area contributed by atoms with Gasteiger partial charge in [-0.25, -0.2) is 4.98 Å². The summed E-state index contributed by atoms with van der Waals surface area (Å²) in [5.41, 5.74) is 3.44. The smallest absolute Gasteiger partial charge is 0.166 e. The monoisotopic (exact) mass is 239 g/mol. The SMILES string of the molecule is Cc1nc(C#N)c(-c2ccc3c(c2)CCCO3)[nH]1. The van der Waals surface area contributed by atoms with Crippen LogP contribution in [0, 0.1) is 18.3 Å². The van der Waals surface area contributed by atoms with Gasteiger partial charge in [-0.15, -0.1) is 0 Å². The molecule has 2 heterocycles. The van der Waals surface area contributed by atoms with Gasteiger partial charge < -0.3 is 9.72 Å². The molecule has 90 valence electrons. The van der Waals surface area contributed by atoms with Gasteiger partial charge in [-0.1, -0.05) is 0 Å². The summed E-state index contributed by atoms with van der Waals surface area (Å²) >= 11 is 0. The molecule has 4 nitrogen and oxygen atoms in total. The Labute approximate surface area is 105 Å². The molecule has 0 spiro atoms. The summed E-state index contributed by atoms with van der Waals surface area (Å²) in [4.78, 5) is 7.31. The number of ether oxygens (including phenoxy) is 1. The van der Waals surface area contributed by atoms with Crippen molar-refractivity contribution in [1.29, 1.82) is 5.26 Å². The lowest BCUT2D eigenvalue weighted by Crippen LogP contribution is -2.08. The summed E-state index contributed by atoms with van der Waals surface area (Å²) in [7, 11) is 0. The van der Waals surface area contributed by atoms with Gasteiger partial charge in [0.2, 0.25) is 0 Å². The van der Waals surface area contributed by atoms with E-state index in [1.807, 2.05) is 19.1 Å². The molecule has 1 aromatic heterocycles. The maximum atomic E-state index is 9.07. The van der Waals surface area contributed by atoms with Gasteiger partial charge in [0.25, 0.3) is 0 Å². The van der Waals surface area contributed by atoms with E-state index in [2.05, 4.69) is 22.1 Å². The Hall–Kier alpha value is -2.28. The van der Waals surface area contributed by atoms with Crippen molar-refractivity contribution in [1.82, 2.24) is 9.97 Å². The number of nitriles is 1. The Morgan fingerprint density at radius 3 is 3.17 bits per heavy atom. The summed E-state index contributed by atoms with van der Waals surface area (Å²) in [6.45, 7) is 2.64. The van der Waals surface area contributed by atoms with E-state index in [-0.39, 0.29) is 0 Å². The predicted octanol–water partition coefficient (Wildman–Crippen LogP) is 2.58. The largest absolute Gasteiger partial charge is 0.493 e. The second-order valence-corrected chi connectivity index (χ2v) is 4.43. The van der Waals surface area contributed by atoms with Crippen LogP contribution in [0.25, 0.3) is 11.3 Å². The number of aromatic nitrogens is 2. The van der Waals surface area contributed by atoms with Gasteiger partial charge in [-0.2, -0.15) is 5.26 Å². The summed E-state index contributed by atoms with van der Waals surface area (Å²) in [6.07, 6.45) is 2.07. The molecule has 0 bridgehead atoms. The lowest BCUT2D eigenvalue weighted by atomic mass is 10.0. The third-order valence-electron chi connectivity index (χ3n) is 3.13. The van der Waals surface area contributed by atoms with Crippen molar-refractivity contribution in [2.24, 2.45) is 0 Å². The predicted molar refractivity (Wildman–Crippen MR) is 67.3 cm³/mol. The van der Waals surface area contributed by atoms with Crippen LogP contribution in [0.2, 0.25) is 0 Å². The highest BCUT2D eigenvalue weighted by Gasteiger charge is 2.14. The number of aromatic amines is 1. The molecule has 0 atom stereocenters. The van der Waals surface area contributed by atoms with Gasteiger partial charge in [0.1, 0.15) is 17.6 Å². The van der Waals surface area contributed by atoms with Crippen LogP contribution < -0.4 is 4.74 Å². The van der Waals surface area contributed by atoms with Crippen molar-refractivity contribution in [3.63, 3.8) is 0 Å². The minimum Gasteiger partial charge on any atom is -0.493 e. The van der Waals surface area contributed by atoms with E-state index >= 15 is 0 Å². The second-order valence-electron chi connectivity index (χ2n) is 4.43. The summed E-state index contributed by atoms with van der Waals surface area (Å²) in [5.74, 6) is 1.72. The molecule has 4 heteroatoms. The number of aryl methyl sites for hydroxylation is 2. The van der Waals surface area contributed by atoms with E-state index in [0.717, 1.165) is 42.3 Å². The van der Waals surface area contributed by atoms with Gasteiger partial charge in [-0.05, 0) is 43.5 Å². The highest BCUT2D eigenvalue weighted by molar-refractivity contribution is 5.67. The van der Waals surface area contributed by atoms with Gasteiger partial charge in [0, 0.05) is 5.56 Å². The Morgan fingerprint density at radius 1 is 1.44 bits per heavy atom. The fourth-order valence-corrected chi connectivity index (χ4v) is 2.30. The average molecular weight is 239 g/mol. The standard InChI is InChI=1S/C14H13N3O/c1-9-16-12(8-15)14(17-9)11-4-5-13-10(7-11)3-2-6-18-13/h4-5,7H,2-3,6H2,1H3,(H,16,17). The minimum absolute atomic E-state index is 0.448. The van der Waals surface area contributed by atoms with Crippen molar-refractivity contribution >= 4 is 0 Å². The zero-order valence-electron chi connectivity index (χ0n) is 10.2. The fraction of sp³-hybridized carbons (Fsp3) is 0.286. The Morgan fingerprint density at radius 2 is 2.33 bits per heavy atom. The van der Waals surface area contributed by atoms with E-state index in [1.165, 1.54) is 5.56 Å². The van der Waals surface area contributed by atoms with Crippen LogP contribution in [0.15, 0.2) is 18.2 Å². The molecule has 0 unspecified atom stereocenters. The first-order valence-corrected chi connectivity index (χ1v) is 6.01. The van der Waals surface area contributed by atoms with Crippen LogP contribution in [-0.2, 0) is 6.42 Å². The van der Waals surface area contributed by atoms with Crippen LogP contribution in [0.1, 0.15) is 23.5 Å². The third kappa shape index (κ3) is 1.74.